The van der Waals surface area contributed by atoms with Crippen LogP contribution in [0.3, 0.4) is 0 Å². The minimum Gasteiger partial charge on any atom is -0.463 e. The maximum absolute atomic E-state index is 11.6. The van der Waals surface area contributed by atoms with Gasteiger partial charge in [-0.05, 0) is 6.42 Å². The van der Waals surface area contributed by atoms with E-state index in [1.165, 1.54) is 32.1 Å². The molecule has 0 aromatic rings. The Hall–Kier alpha value is -1.03. The third kappa shape index (κ3) is 28.9. The number of unbranched alkanes of at least 4 members (excludes halogenated alkanes) is 6. The lowest BCUT2D eigenvalue weighted by Crippen LogP contribution is -2.15. The highest BCUT2D eigenvalue weighted by Crippen LogP contribution is 2.08. The summed E-state index contributed by atoms with van der Waals surface area (Å²) in [7, 11) is 0. The van der Waals surface area contributed by atoms with Crippen LogP contribution in [-0.2, 0) is 38.0 Å². The summed E-state index contributed by atoms with van der Waals surface area (Å²) in [6.07, 6.45) is 10.6. The molecule has 0 aliphatic rings. The van der Waals surface area contributed by atoms with E-state index in [0.29, 0.717) is 92.3 Å². The van der Waals surface area contributed by atoms with Gasteiger partial charge in [-0.25, -0.2) is 0 Å². The standard InChI is InChI=1S/C25H48O8/c1-3-5-6-7-8-9-10-11-25(26)33-24-23-32-22-21-31-20-19-30-18-17-29-16-15-28-14-13-27-12-4-2/h4H,2-3,5-24H2,1H3. The van der Waals surface area contributed by atoms with Gasteiger partial charge in [-0.3, -0.25) is 4.79 Å². The van der Waals surface area contributed by atoms with E-state index in [0.717, 1.165) is 12.8 Å². The number of ether oxygens (including phenoxy) is 7. The summed E-state index contributed by atoms with van der Waals surface area (Å²) in [5.41, 5.74) is 0. The van der Waals surface area contributed by atoms with Crippen LogP contribution in [0.15, 0.2) is 12.7 Å². The van der Waals surface area contributed by atoms with Gasteiger partial charge in [0.25, 0.3) is 0 Å². The first kappa shape index (κ1) is 32.0. The minimum atomic E-state index is -0.133. The lowest BCUT2D eigenvalue weighted by atomic mass is 10.1. The van der Waals surface area contributed by atoms with E-state index in [-0.39, 0.29) is 5.97 Å². The molecule has 0 aromatic heterocycles. The summed E-state index contributed by atoms with van der Waals surface area (Å²) in [6, 6.07) is 0. The number of esters is 1. The number of carbonyl (C=O) groups excluding carboxylic acids is 1. The monoisotopic (exact) mass is 476 g/mol. The first-order chi connectivity index (χ1) is 16.3. The molecule has 0 atom stereocenters. The molecule has 0 aliphatic carbocycles. The summed E-state index contributed by atoms with van der Waals surface area (Å²) in [5, 5.41) is 0. The summed E-state index contributed by atoms with van der Waals surface area (Å²) in [4.78, 5) is 11.6. The van der Waals surface area contributed by atoms with Crippen LogP contribution in [0.1, 0.15) is 58.3 Å². The van der Waals surface area contributed by atoms with E-state index in [2.05, 4.69) is 13.5 Å². The zero-order chi connectivity index (χ0) is 24.1. The third-order valence-electron chi connectivity index (χ3n) is 4.57. The molecular weight excluding hydrogens is 428 g/mol. The molecule has 8 heteroatoms. The van der Waals surface area contributed by atoms with Crippen LogP contribution in [0.25, 0.3) is 0 Å². The van der Waals surface area contributed by atoms with Crippen molar-refractivity contribution in [3.05, 3.63) is 12.7 Å². The highest BCUT2D eigenvalue weighted by Gasteiger charge is 2.02. The van der Waals surface area contributed by atoms with Crippen molar-refractivity contribution < 1.29 is 38.0 Å². The van der Waals surface area contributed by atoms with Gasteiger partial charge in [0.15, 0.2) is 0 Å². The quantitative estimate of drug-likeness (QED) is 0.0954. The molecular formula is C25H48O8. The molecule has 0 unspecified atom stereocenters. The van der Waals surface area contributed by atoms with Crippen molar-refractivity contribution in [2.24, 2.45) is 0 Å². The van der Waals surface area contributed by atoms with Crippen LogP contribution in [0.2, 0.25) is 0 Å². The Morgan fingerprint density at radius 2 is 0.970 bits per heavy atom. The second kappa shape index (κ2) is 29.0. The van der Waals surface area contributed by atoms with Gasteiger partial charge in [-0.15, -0.1) is 6.58 Å². The van der Waals surface area contributed by atoms with Crippen LogP contribution in [0.4, 0.5) is 0 Å². The van der Waals surface area contributed by atoms with E-state index in [1.54, 1.807) is 6.08 Å². The predicted molar refractivity (Wildman–Crippen MR) is 129 cm³/mol. The topological polar surface area (TPSA) is 81.7 Å². The highest BCUT2D eigenvalue weighted by molar-refractivity contribution is 5.69. The first-order valence-corrected chi connectivity index (χ1v) is 12.5. The molecule has 0 saturated carbocycles. The van der Waals surface area contributed by atoms with Gasteiger partial charge in [0.1, 0.15) is 6.61 Å². The van der Waals surface area contributed by atoms with Gasteiger partial charge in [0.2, 0.25) is 0 Å². The lowest BCUT2D eigenvalue weighted by molar-refractivity contribution is -0.145. The Kier molecular flexibility index (Phi) is 28.1. The molecule has 0 aliphatic heterocycles. The van der Waals surface area contributed by atoms with E-state index < -0.39 is 0 Å². The van der Waals surface area contributed by atoms with Crippen LogP contribution in [0, 0.1) is 0 Å². The van der Waals surface area contributed by atoms with Crippen molar-refractivity contribution in [3.63, 3.8) is 0 Å². The van der Waals surface area contributed by atoms with Gasteiger partial charge in [-0.1, -0.05) is 51.5 Å². The van der Waals surface area contributed by atoms with Crippen molar-refractivity contribution in [1.82, 2.24) is 0 Å². The molecule has 8 nitrogen and oxygen atoms in total. The summed E-state index contributed by atoms with van der Waals surface area (Å²) in [5.74, 6) is -0.133. The van der Waals surface area contributed by atoms with E-state index in [1.807, 2.05) is 0 Å². The molecule has 0 bridgehead atoms. The van der Waals surface area contributed by atoms with Crippen LogP contribution >= 0.6 is 0 Å². The highest BCUT2D eigenvalue weighted by atomic mass is 16.6. The normalized spacial score (nSPS) is 11.1. The number of hydrogen-bond donors (Lipinski definition) is 0. The molecule has 0 saturated heterocycles. The van der Waals surface area contributed by atoms with Gasteiger partial charge >= 0.3 is 5.97 Å². The maximum atomic E-state index is 11.6. The Morgan fingerprint density at radius 1 is 0.576 bits per heavy atom. The average molecular weight is 477 g/mol. The molecule has 0 rings (SSSR count). The molecule has 0 N–H and O–H groups in total. The van der Waals surface area contributed by atoms with Gasteiger partial charge in [0.05, 0.1) is 79.3 Å². The van der Waals surface area contributed by atoms with Crippen molar-refractivity contribution in [2.45, 2.75) is 58.3 Å². The molecule has 0 heterocycles. The van der Waals surface area contributed by atoms with E-state index in [4.69, 9.17) is 33.2 Å². The molecule has 0 fully saturated rings. The van der Waals surface area contributed by atoms with Gasteiger partial charge in [0, 0.05) is 6.42 Å². The number of carbonyl (C=O) groups is 1. The minimum absolute atomic E-state index is 0.133. The number of hydrogen-bond acceptors (Lipinski definition) is 8. The van der Waals surface area contributed by atoms with E-state index in [9.17, 15) is 4.79 Å². The molecule has 196 valence electrons. The van der Waals surface area contributed by atoms with Crippen LogP contribution in [-0.4, -0.2) is 91.9 Å². The zero-order valence-corrected chi connectivity index (χ0v) is 20.9. The van der Waals surface area contributed by atoms with Crippen molar-refractivity contribution in [2.75, 3.05) is 85.9 Å². The van der Waals surface area contributed by atoms with Crippen LogP contribution in [0.5, 0.6) is 0 Å². The molecule has 0 amide bonds. The summed E-state index contributed by atoms with van der Waals surface area (Å²) >= 11 is 0. The average Bonchev–Trinajstić information content (AvgIpc) is 2.82. The summed E-state index contributed by atoms with van der Waals surface area (Å²) < 4.78 is 37.4. The van der Waals surface area contributed by atoms with Crippen molar-refractivity contribution in [3.8, 4) is 0 Å². The zero-order valence-electron chi connectivity index (χ0n) is 20.9. The fourth-order valence-electron chi connectivity index (χ4n) is 2.78. The van der Waals surface area contributed by atoms with Crippen molar-refractivity contribution >= 4 is 5.97 Å². The smallest absolute Gasteiger partial charge is 0.305 e. The summed E-state index contributed by atoms with van der Waals surface area (Å²) in [6.45, 7) is 12.2. The molecule has 0 spiro atoms. The molecule has 0 radical (unpaired) electrons. The third-order valence-corrected chi connectivity index (χ3v) is 4.57. The second-order valence-electron chi connectivity index (χ2n) is 7.52. The van der Waals surface area contributed by atoms with E-state index >= 15 is 0 Å². The molecule has 0 aromatic carbocycles. The fourth-order valence-corrected chi connectivity index (χ4v) is 2.78. The first-order valence-electron chi connectivity index (χ1n) is 12.5. The number of rotatable bonds is 28. The SMILES string of the molecule is C=CCOCCOCCOCCOCCOCCOCCOC(=O)CCCCCCCCC. The second-order valence-corrected chi connectivity index (χ2v) is 7.52. The Balaban J connectivity index is 3.11. The van der Waals surface area contributed by atoms with Crippen LogP contribution < -0.4 is 0 Å². The maximum Gasteiger partial charge on any atom is 0.305 e. The van der Waals surface area contributed by atoms with Gasteiger partial charge < -0.3 is 33.2 Å². The largest absolute Gasteiger partial charge is 0.463 e. The Bertz CT molecular complexity index is 406. The Labute approximate surface area is 201 Å². The molecule has 33 heavy (non-hydrogen) atoms. The lowest BCUT2D eigenvalue weighted by Gasteiger charge is -2.08. The predicted octanol–water partition coefficient (Wildman–Crippen LogP) is 3.96. The Morgan fingerprint density at radius 3 is 1.42 bits per heavy atom. The fraction of sp³-hybridized carbons (Fsp3) is 0.880. The van der Waals surface area contributed by atoms with Crippen molar-refractivity contribution in [1.29, 1.82) is 0 Å². The van der Waals surface area contributed by atoms with Gasteiger partial charge in [-0.2, -0.15) is 0 Å².